The molecule has 3 aromatic rings. The van der Waals surface area contributed by atoms with E-state index in [0.717, 1.165) is 30.4 Å². The van der Waals surface area contributed by atoms with Crippen molar-refractivity contribution in [1.82, 2.24) is 0 Å². The molecule has 1 N–H and O–H groups in total. The third-order valence-electron chi connectivity index (χ3n) is 4.67. The molecule has 0 spiro atoms. The van der Waals surface area contributed by atoms with Crippen LogP contribution in [0.1, 0.15) is 29.0 Å². The zero-order valence-corrected chi connectivity index (χ0v) is 15.7. The molecule has 0 saturated carbocycles. The summed E-state index contributed by atoms with van der Waals surface area (Å²) in [6, 6.07) is 12.8. The number of carbonyl (C=O) groups excluding carboxylic acids is 1. The molecule has 1 unspecified atom stereocenters. The summed E-state index contributed by atoms with van der Waals surface area (Å²) < 4.78 is 17.1. The number of hydrogen-bond donors (Lipinski definition) is 1. The Bertz CT molecular complexity index is 975. The van der Waals surface area contributed by atoms with Gasteiger partial charge >= 0.3 is 0 Å². The molecular weight excluding hydrogens is 366 g/mol. The number of carbonyl (C=O) groups is 1. The van der Waals surface area contributed by atoms with E-state index in [9.17, 15) is 4.79 Å². The number of benzene rings is 2. The number of para-hydroxylation sites is 1. The molecule has 4 rings (SSSR count). The van der Waals surface area contributed by atoms with Gasteiger partial charge in [-0.15, -0.1) is 0 Å². The smallest absolute Gasteiger partial charge is 0.291 e. The lowest BCUT2D eigenvalue weighted by Gasteiger charge is -2.12. The van der Waals surface area contributed by atoms with Crippen LogP contribution in [0.25, 0.3) is 11.0 Å². The highest BCUT2D eigenvalue weighted by Crippen LogP contribution is 2.31. The summed E-state index contributed by atoms with van der Waals surface area (Å²) in [7, 11) is 0. The van der Waals surface area contributed by atoms with Crippen molar-refractivity contribution in [2.24, 2.45) is 0 Å². The summed E-state index contributed by atoms with van der Waals surface area (Å²) in [5.74, 6) is 0.618. The van der Waals surface area contributed by atoms with Gasteiger partial charge in [0.1, 0.15) is 12.4 Å². The Kier molecular flexibility index (Phi) is 5.05. The quantitative estimate of drug-likeness (QED) is 0.655. The Balaban J connectivity index is 1.49. The van der Waals surface area contributed by atoms with E-state index in [1.54, 1.807) is 12.1 Å². The van der Waals surface area contributed by atoms with E-state index in [2.05, 4.69) is 5.32 Å². The van der Waals surface area contributed by atoms with E-state index in [4.69, 9.17) is 25.5 Å². The highest BCUT2D eigenvalue weighted by atomic mass is 35.5. The molecule has 1 atom stereocenters. The van der Waals surface area contributed by atoms with E-state index < -0.39 is 0 Å². The molecule has 6 heteroatoms. The minimum absolute atomic E-state index is 0.145. The van der Waals surface area contributed by atoms with Crippen molar-refractivity contribution in [3.05, 3.63) is 58.8 Å². The summed E-state index contributed by atoms with van der Waals surface area (Å²) in [4.78, 5) is 12.7. The molecule has 1 aliphatic heterocycles. The van der Waals surface area contributed by atoms with Crippen LogP contribution < -0.4 is 10.1 Å². The Morgan fingerprint density at radius 2 is 2.15 bits per heavy atom. The summed E-state index contributed by atoms with van der Waals surface area (Å²) >= 11 is 6.16. The molecule has 140 valence electrons. The van der Waals surface area contributed by atoms with Gasteiger partial charge in [0.15, 0.2) is 11.3 Å². The first kappa shape index (κ1) is 17.9. The predicted molar refractivity (Wildman–Crippen MR) is 105 cm³/mol. The third kappa shape index (κ3) is 3.80. The molecule has 0 bridgehead atoms. The van der Waals surface area contributed by atoms with Crippen LogP contribution in [0.2, 0.25) is 5.02 Å². The molecule has 0 radical (unpaired) electrons. The zero-order valence-electron chi connectivity index (χ0n) is 15.0. The average Bonchev–Trinajstić information content (AvgIpc) is 3.29. The van der Waals surface area contributed by atoms with Gasteiger partial charge in [0.05, 0.1) is 11.1 Å². The fourth-order valence-electron chi connectivity index (χ4n) is 3.24. The van der Waals surface area contributed by atoms with E-state index in [-0.39, 0.29) is 17.8 Å². The lowest BCUT2D eigenvalue weighted by Crippen LogP contribution is -2.16. The van der Waals surface area contributed by atoms with Gasteiger partial charge in [-0.3, -0.25) is 4.79 Å². The minimum Gasteiger partial charge on any atom is -0.491 e. The monoisotopic (exact) mass is 385 g/mol. The Morgan fingerprint density at radius 3 is 2.93 bits per heavy atom. The molecule has 27 heavy (non-hydrogen) atoms. The van der Waals surface area contributed by atoms with Crippen molar-refractivity contribution >= 4 is 34.2 Å². The van der Waals surface area contributed by atoms with Crippen molar-refractivity contribution in [1.29, 1.82) is 0 Å². The first-order valence-corrected chi connectivity index (χ1v) is 9.33. The van der Waals surface area contributed by atoms with E-state index in [0.29, 0.717) is 28.6 Å². The molecule has 1 saturated heterocycles. The second-order valence-electron chi connectivity index (χ2n) is 6.60. The van der Waals surface area contributed by atoms with Crippen molar-refractivity contribution < 1.29 is 18.7 Å². The number of nitrogens with one attached hydrogen (secondary N) is 1. The van der Waals surface area contributed by atoms with Crippen LogP contribution in [0.5, 0.6) is 5.75 Å². The van der Waals surface area contributed by atoms with Gasteiger partial charge in [0.25, 0.3) is 5.91 Å². The number of aryl methyl sites for hydroxylation is 1. The Hall–Kier alpha value is -2.50. The first-order chi connectivity index (χ1) is 13.1. The second kappa shape index (κ2) is 7.62. The molecule has 2 aromatic carbocycles. The summed E-state index contributed by atoms with van der Waals surface area (Å²) in [6.45, 7) is 3.15. The maximum Gasteiger partial charge on any atom is 0.291 e. The minimum atomic E-state index is -0.323. The van der Waals surface area contributed by atoms with Gasteiger partial charge in [-0.2, -0.15) is 0 Å². The normalized spacial score (nSPS) is 16.6. The molecular formula is C21H20ClNO4. The van der Waals surface area contributed by atoms with Gasteiger partial charge in [0.2, 0.25) is 0 Å². The van der Waals surface area contributed by atoms with Crippen LogP contribution >= 0.6 is 11.6 Å². The van der Waals surface area contributed by atoms with Crippen LogP contribution in [-0.2, 0) is 4.74 Å². The molecule has 1 amide bonds. The fourth-order valence-corrected chi connectivity index (χ4v) is 3.46. The fraction of sp³-hybridized carbons (Fsp3) is 0.286. The number of furan rings is 1. The number of rotatable bonds is 5. The lowest BCUT2D eigenvalue weighted by molar-refractivity contribution is 0.0679. The van der Waals surface area contributed by atoms with Crippen LogP contribution in [0.15, 0.2) is 46.9 Å². The van der Waals surface area contributed by atoms with Crippen LogP contribution in [0.3, 0.4) is 0 Å². The van der Waals surface area contributed by atoms with Crippen LogP contribution in [0, 0.1) is 6.92 Å². The molecule has 0 aliphatic carbocycles. The highest BCUT2D eigenvalue weighted by molar-refractivity contribution is 6.35. The molecule has 1 aliphatic rings. The molecule has 2 heterocycles. The molecule has 1 fully saturated rings. The van der Waals surface area contributed by atoms with E-state index in [1.807, 2.05) is 37.3 Å². The van der Waals surface area contributed by atoms with Crippen LogP contribution in [0.4, 0.5) is 5.69 Å². The maximum atomic E-state index is 12.7. The summed E-state index contributed by atoms with van der Waals surface area (Å²) in [5.41, 5.74) is 1.92. The summed E-state index contributed by atoms with van der Waals surface area (Å²) in [6.07, 6.45) is 2.24. The first-order valence-electron chi connectivity index (χ1n) is 8.95. The highest BCUT2D eigenvalue weighted by Gasteiger charge is 2.20. The largest absolute Gasteiger partial charge is 0.491 e. The van der Waals surface area contributed by atoms with Gasteiger partial charge in [0, 0.05) is 29.3 Å². The van der Waals surface area contributed by atoms with Gasteiger partial charge < -0.3 is 19.2 Å². The SMILES string of the molecule is Cc1c(C(=O)Nc2cccc(OCC3CCCO3)c2)oc2c(Cl)cccc12. The van der Waals surface area contributed by atoms with Gasteiger partial charge in [-0.25, -0.2) is 0 Å². The Morgan fingerprint density at radius 1 is 1.30 bits per heavy atom. The third-order valence-corrected chi connectivity index (χ3v) is 4.97. The van der Waals surface area contributed by atoms with Crippen molar-refractivity contribution in [2.75, 3.05) is 18.5 Å². The number of anilines is 1. The van der Waals surface area contributed by atoms with Crippen molar-refractivity contribution in [3.8, 4) is 5.75 Å². The molecule has 1 aromatic heterocycles. The average molecular weight is 386 g/mol. The standard InChI is InChI=1S/C21H20ClNO4/c1-13-17-8-3-9-18(22)20(17)27-19(13)21(24)23-14-5-2-6-15(11-14)26-12-16-7-4-10-25-16/h2-3,5-6,8-9,11,16H,4,7,10,12H2,1H3,(H,23,24). The molecule has 5 nitrogen and oxygen atoms in total. The lowest BCUT2D eigenvalue weighted by atomic mass is 10.1. The van der Waals surface area contributed by atoms with Crippen LogP contribution in [-0.4, -0.2) is 25.2 Å². The van der Waals surface area contributed by atoms with E-state index in [1.165, 1.54) is 0 Å². The Labute approximate surface area is 162 Å². The number of halogens is 1. The number of ether oxygens (including phenoxy) is 2. The van der Waals surface area contributed by atoms with Crippen molar-refractivity contribution in [3.63, 3.8) is 0 Å². The zero-order chi connectivity index (χ0) is 18.8. The topological polar surface area (TPSA) is 60.7 Å². The van der Waals surface area contributed by atoms with Gasteiger partial charge in [-0.05, 0) is 38.0 Å². The van der Waals surface area contributed by atoms with E-state index >= 15 is 0 Å². The number of hydrogen-bond acceptors (Lipinski definition) is 4. The van der Waals surface area contributed by atoms with Crippen molar-refractivity contribution in [2.45, 2.75) is 25.9 Å². The predicted octanol–water partition coefficient (Wildman–Crippen LogP) is 5.20. The maximum absolute atomic E-state index is 12.7. The number of fused-ring (bicyclic) bond motifs is 1. The summed E-state index contributed by atoms with van der Waals surface area (Å²) in [5, 5.41) is 4.18. The second-order valence-corrected chi connectivity index (χ2v) is 7.01. The van der Waals surface area contributed by atoms with Gasteiger partial charge in [-0.1, -0.05) is 29.8 Å². The number of amides is 1.